The van der Waals surface area contributed by atoms with Gasteiger partial charge >= 0.3 is 6.09 Å². The number of likely N-dealkylation sites (tertiary alicyclic amines) is 1. The predicted octanol–water partition coefficient (Wildman–Crippen LogP) is 6.31. The molecule has 2 amide bonds. The van der Waals surface area contributed by atoms with Crippen molar-refractivity contribution in [1.29, 1.82) is 0 Å². The van der Waals surface area contributed by atoms with Crippen LogP contribution >= 0.6 is 15.9 Å². The second kappa shape index (κ2) is 12.1. The van der Waals surface area contributed by atoms with Crippen LogP contribution in [0.25, 0.3) is 0 Å². The molecule has 4 rings (SSSR count). The van der Waals surface area contributed by atoms with Gasteiger partial charge in [-0.3, -0.25) is 4.79 Å². The van der Waals surface area contributed by atoms with Gasteiger partial charge in [-0.1, -0.05) is 46.3 Å². The molecule has 0 saturated carbocycles. The van der Waals surface area contributed by atoms with Crippen molar-refractivity contribution in [3.8, 4) is 0 Å². The number of benzene rings is 3. The minimum atomic E-state index is -3.58. The molecule has 1 heterocycles. The van der Waals surface area contributed by atoms with Crippen molar-refractivity contribution in [2.75, 3.05) is 19.3 Å². The van der Waals surface area contributed by atoms with Crippen LogP contribution in [0.5, 0.6) is 0 Å². The Morgan fingerprint density at radius 3 is 2.31 bits per heavy atom. The number of sulfone groups is 1. The number of carbonyl (C=O) groups is 2. The van der Waals surface area contributed by atoms with Crippen LogP contribution < -0.4 is 5.32 Å². The smallest absolute Gasteiger partial charge is 0.410 e. The molecule has 0 spiro atoms. The Kier molecular flexibility index (Phi) is 9.13. The van der Waals surface area contributed by atoms with E-state index in [1.165, 1.54) is 24.3 Å². The van der Waals surface area contributed by atoms with Gasteiger partial charge in [-0.25, -0.2) is 22.0 Å². The molecular weight excluding hydrogens is 630 g/mol. The van der Waals surface area contributed by atoms with E-state index in [-0.39, 0.29) is 23.4 Å². The van der Waals surface area contributed by atoms with E-state index in [2.05, 4.69) is 21.2 Å². The van der Waals surface area contributed by atoms with Crippen molar-refractivity contribution in [2.45, 2.75) is 55.6 Å². The second-order valence-corrected chi connectivity index (χ2v) is 14.6. The zero-order valence-corrected chi connectivity index (χ0v) is 26.2. The van der Waals surface area contributed by atoms with Gasteiger partial charge in [0.15, 0.2) is 21.5 Å². The maximum Gasteiger partial charge on any atom is 0.410 e. The number of hydrogen-bond donors (Lipinski definition) is 1. The summed E-state index contributed by atoms with van der Waals surface area (Å²) in [4.78, 5) is 28.3. The van der Waals surface area contributed by atoms with Gasteiger partial charge in [0, 0.05) is 35.7 Å². The lowest BCUT2D eigenvalue weighted by Crippen LogP contribution is -2.41. The van der Waals surface area contributed by atoms with Crippen molar-refractivity contribution < 1.29 is 31.5 Å². The molecule has 0 aliphatic carbocycles. The van der Waals surface area contributed by atoms with Gasteiger partial charge in [0.1, 0.15) is 5.60 Å². The van der Waals surface area contributed by atoms with Crippen molar-refractivity contribution in [3.63, 3.8) is 0 Å². The van der Waals surface area contributed by atoms with E-state index < -0.39 is 50.5 Å². The molecule has 1 aliphatic heterocycles. The zero-order valence-electron chi connectivity index (χ0n) is 23.8. The SMILES string of the molecule is CC(C)(C)OC(=O)N1CCC(CC(=O)NC(c2cccc(S(C)(=O)=O)c2)c2ccc(F)c(F)c2)(c2ccc(Br)cc2)C1. The first kappa shape index (κ1) is 31.6. The lowest BCUT2D eigenvalue weighted by Gasteiger charge is -2.31. The number of halogens is 3. The van der Waals surface area contributed by atoms with Crippen LogP contribution in [0.4, 0.5) is 13.6 Å². The van der Waals surface area contributed by atoms with Gasteiger partial charge in [0.05, 0.1) is 10.9 Å². The van der Waals surface area contributed by atoms with Crippen molar-refractivity contribution in [2.24, 2.45) is 0 Å². The lowest BCUT2D eigenvalue weighted by molar-refractivity contribution is -0.122. The number of carbonyl (C=O) groups excluding carboxylic acids is 2. The molecule has 1 saturated heterocycles. The summed E-state index contributed by atoms with van der Waals surface area (Å²) in [6, 6.07) is 15.8. The van der Waals surface area contributed by atoms with Crippen molar-refractivity contribution >= 4 is 37.8 Å². The molecular formula is C31H33BrF2N2O5S. The minimum Gasteiger partial charge on any atom is -0.444 e. The zero-order chi connectivity index (χ0) is 30.9. The van der Waals surface area contributed by atoms with Crippen LogP contribution in [0, 0.1) is 11.6 Å². The van der Waals surface area contributed by atoms with E-state index in [4.69, 9.17) is 4.74 Å². The van der Waals surface area contributed by atoms with Crippen molar-refractivity contribution in [1.82, 2.24) is 10.2 Å². The highest BCUT2D eigenvalue weighted by Crippen LogP contribution is 2.39. The Morgan fingerprint density at radius 1 is 1.02 bits per heavy atom. The summed E-state index contributed by atoms with van der Waals surface area (Å²) < 4.78 is 59.0. The molecule has 2 unspecified atom stereocenters. The van der Waals surface area contributed by atoms with Gasteiger partial charge in [0.25, 0.3) is 0 Å². The van der Waals surface area contributed by atoms with Gasteiger partial charge in [-0.05, 0) is 80.3 Å². The average Bonchev–Trinajstić information content (AvgIpc) is 3.33. The number of nitrogens with one attached hydrogen (secondary N) is 1. The largest absolute Gasteiger partial charge is 0.444 e. The van der Waals surface area contributed by atoms with E-state index in [1.807, 2.05) is 24.3 Å². The first-order valence-electron chi connectivity index (χ1n) is 13.3. The quantitative estimate of drug-likeness (QED) is 0.320. The van der Waals surface area contributed by atoms with Crippen LogP contribution in [-0.4, -0.2) is 50.3 Å². The van der Waals surface area contributed by atoms with Gasteiger partial charge < -0.3 is 15.0 Å². The summed E-state index contributed by atoms with van der Waals surface area (Å²) in [6.07, 6.45) is 1.05. The highest BCUT2D eigenvalue weighted by Gasteiger charge is 2.44. The van der Waals surface area contributed by atoms with E-state index in [1.54, 1.807) is 31.7 Å². The van der Waals surface area contributed by atoms with E-state index in [0.717, 1.165) is 28.4 Å². The topological polar surface area (TPSA) is 92.8 Å². The summed E-state index contributed by atoms with van der Waals surface area (Å²) in [5, 5.41) is 2.92. The monoisotopic (exact) mass is 662 g/mol. The Balaban J connectivity index is 1.68. The maximum absolute atomic E-state index is 14.3. The fourth-order valence-corrected chi connectivity index (χ4v) is 6.08. The van der Waals surface area contributed by atoms with Crippen LogP contribution in [-0.2, 0) is 24.8 Å². The normalized spacial score (nSPS) is 18.0. The molecule has 1 fully saturated rings. The standard InChI is InChI=1S/C31H33BrF2N2O5S/c1-30(2,3)41-29(38)36-15-14-31(19-36,22-9-11-23(32)12-10-22)18-27(37)35-28(21-8-13-25(33)26(34)17-21)20-6-5-7-24(16-20)42(4,39)40/h5-13,16-17,28H,14-15,18-19H2,1-4H3,(H,35,37). The third kappa shape index (κ3) is 7.55. The molecule has 224 valence electrons. The summed E-state index contributed by atoms with van der Waals surface area (Å²) in [5.74, 6) is -2.55. The molecule has 2 atom stereocenters. The molecule has 1 aliphatic rings. The molecule has 3 aromatic rings. The number of amides is 2. The Hall–Kier alpha value is -3.31. The average molecular weight is 664 g/mol. The van der Waals surface area contributed by atoms with Crippen molar-refractivity contribution in [3.05, 3.63) is 99.5 Å². The van der Waals surface area contributed by atoms with Crippen LogP contribution in [0.15, 0.2) is 76.1 Å². The van der Waals surface area contributed by atoms with Crippen LogP contribution in [0.3, 0.4) is 0 Å². The Morgan fingerprint density at radius 2 is 1.69 bits per heavy atom. The molecule has 3 aromatic carbocycles. The highest BCUT2D eigenvalue weighted by molar-refractivity contribution is 9.10. The summed E-state index contributed by atoms with van der Waals surface area (Å²) >= 11 is 3.44. The Labute approximate surface area is 253 Å². The molecule has 0 radical (unpaired) electrons. The molecule has 1 N–H and O–H groups in total. The maximum atomic E-state index is 14.3. The Bertz CT molecular complexity index is 1590. The van der Waals surface area contributed by atoms with E-state index >= 15 is 0 Å². The third-order valence-electron chi connectivity index (χ3n) is 7.16. The molecule has 0 bridgehead atoms. The highest BCUT2D eigenvalue weighted by atomic mass is 79.9. The van der Waals surface area contributed by atoms with Gasteiger partial charge in [0.2, 0.25) is 5.91 Å². The minimum absolute atomic E-state index is 0.0250. The summed E-state index contributed by atoms with van der Waals surface area (Å²) in [5.41, 5.74) is 0.0456. The summed E-state index contributed by atoms with van der Waals surface area (Å²) in [7, 11) is -3.58. The molecule has 11 heteroatoms. The van der Waals surface area contributed by atoms with Gasteiger partial charge in [-0.2, -0.15) is 0 Å². The fraction of sp³-hybridized carbons (Fsp3) is 0.355. The third-order valence-corrected chi connectivity index (χ3v) is 8.80. The predicted molar refractivity (Wildman–Crippen MR) is 159 cm³/mol. The lowest BCUT2D eigenvalue weighted by atomic mass is 9.76. The fourth-order valence-electron chi connectivity index (χ4n) is 5.14. The number of nitrogens with zero attached hydrogens (tertiary/aromatic N) is 1. The van der Waals surface area contributed by atoms with Crippen LogP contribution in [0.2, 0.25) is 0 Å². The first-order chi connectivity index (χ1) is 19.6. The van der Waals surface area contributed by atoms with Crippen LogP contribution in [0.1, 0.15) is 56.3 Å². The molecule has 0 aromatic heterocycles. The molecule has 7 nitrogen and oxygen atoms in total. The number of ether oxygens (including phenoxy) is 1. The first-order valence-corrected chi connectivity index (χ1v) is 16.0. The van der Waals surface area contributed by atoms with E-state index in [9.17, 15) is 26.8 Å². The van der Waals surface area contributed by atoms with Gasteiger partial charge in [-0.15, -0.1) is 0 Å². The second-order valence-electron chi connectivity index (χ2n) is 11.6. The number of rotatable bonds is 7. The van der Waals surface area contributed by atoms with E-state index in [0.29, 0.717) is 18.5 Å². The summed E-state index contributed by atoms with van der Waals surface area (Å²) in [6.45, 7) is 5.96. The number of hydrogen-bond acceptors (Lipinski definition) is 5. The molecule has 42 heavy (non-hydrogen) atoms.